The molecule has 1 aromatic rings. The molecule has 0 heterocycles. The summed E-state index contributed by atoms with van der Waals surface area (Å²) in [5.74, 6) is 0.0405. The molecule has 0 saturated heterocycles. The molecule has 1 rings (SSSR count). The molecule has 82 valence electrons. The van der Waals surface area contributed by atoms with Gasteiger partial charge in [-0.1, -0.05) is 17.7 Å². The molecule has 5 heteroatoms. The van der Waals surface area contributed by atoms with E-state index in [4.69, 9.17) is 17.3 Å². The third kappa shape index (κ3) is 3.40. The first kappa shape index (κ1) is 11.8. The molecular formula is C10H13ClFN3. The summed E-state index contributed by atoms with van der Waals surface area (Å²) in [5, 5.41) is 3.27. The highest BCUT2D eigenvalue weighted by molar-refractivity contribution is 6.31. The molecule has 0 amide bonds. The topological polar surface area (TPSA) is 50.4 Å². The second-order valence-corrected chi connectivity index (χ2v) is 3.39. The zero-order valence-corrected chi connectivity index (χ0v) is 9.18. The van der Waals surface area contributed by atoms with E-state index >= 15 is 0 Å². The first-order chi connectivity index (χ1) is 7.15. The summed E-state index contributed by atoms with van der Waals surface area (Å²) in [6.07, 6.45) is 0.474. The Balaban J connectivity index is 2.58. The Labute approximate surface area is 93.1 Å². The number of hydrogen-bond acceptors (Lipinski definition) is 1. The van der Waals surface area contributed by atoms with Crippen LogP contribution in [0, 0.1) is 5.82 Å². The third-order valence-electron chi connectivity index (χ3n) is 1.98. The quantitative estimate of drug-likeness (QED) is 0.611. The monoisotopic (exact) mass is 229 g/mol. The van der Waals surface area contributed by atoms with Crippen molar-refractivity contribution < 1.29 is 4.39 Å². The van der Waals surface area contributed by atoms with E-state index in [-0.39, 0.29) is 5.82 Å². The normalized spacial score (nSPS) is 11.5. The van der Waals surface area contributed by atoms with Crippen LogP contribution < -0.4 is 11.1 Å². The summed E-state index contributed by atoms with van der Waals surface area (Å²) < 4.78 is 13.3. The number of guanidine groups is 1. The zero-order valence-electron chi connectivity index (χ0n) is 8.43. The second-order valence-electron chi connectivity index (χ2n) is 2.99. The van der Waals surface area contributed by atoms with Crippen LogP contribution in [0.1, 0.15) is 5.56 Å². The highest BCUT2D eigenvalue weighted by Crippen LogP contribution is 2.18. The zero-order chi connectivity index (χ0) is 11.3. The van der Waals surface area contributed by atoms with Crippen LogP contribution in [0.4, 0.5) is 4.39 Å². The summed E-state index contributed by atoms with van der Waals surface area (Å²) in [6, 6.07) is 4.63. The summed E-state index contributed by atoms with van der Waals surface area (Å²) in [5.41, 5.74) is 5.92. The lowest BCUT2D eigenvalue weighted by Crippen LogP contribution is -2.33. The number of nitrogens with zero attached hydrogens (tertiary/aromatic N) is 1. The van der Waals surface area contributed by atoms with E-state index in [1.807, 2.05) is 0 Å². The highest BCUT2D eigenvalue weighted by Gasteiger charge is 2.05. The van der Waals surface area contributed by atoms with Crippen molar-refractivity contribution in [2.24, 2.45) is 10.7 Å². The molecule has 3 nitrogen and oxygen atoms in total. The van der Waals surface area contributed by atoms with Gasteiger partial charge in [0.2, 0.25) is 0 Å². The van der Waals surface area contributed by atoms with Crippen molar-refractivity contribution in [3.05, 3.63) is 34.6 Å². The predicted octanol–water partition coefficient (Wildman–Crippen LogP) is 1.56. The van der Waals surface area contributed by atoms with Crippen LogP contribution in [0.5, 0.6) is 0 Å². The molecule has 0 saturated carbocycles. The second kappa shape index (κ2) is 5.56. The molecule has 0 radical (unpaired) electrons. The predicted molar refractivity (Wildman–Crippen MR) is 60.7 cm³/mol. The lowest BCUT2D eigenvalue weighted by atomic mass is 10.1. The van der Waals surface area contributed by atoms with Gasteiger partial charge in [0.15, 0.2) is 5.96 Å². The number of rotatable bonds is 3. The molecule has 0 unspecified atom stereocenters. The van der Waals surface area contributed by atoms with Crippen molar-refractivity contribution in [2.45, 2.75) is 6.42 Å². The Morgan fingerprint density at radius 2 is 2.33 bits per heavy atom. The minimum atomic E-state index is -0.295. The molecule has 1 aromatic carbocycles. The highest BCUT2D eigenvalue weighted by atomic mass is 35.5. The largest absolute Gasteiger partial charge is 0.370 e. The average Bonchev–Trinajstić information content (AvgIpc) is 2.22. The Bertz CT molecular complexity index is 345. The number of aliphatic imine (C=N–C) groups is 1. The molecule has 0 spiro atoms. The summed E-state index contributed by atoms with van der Waals surface area (Å²) in [7, 11) is 1.58. The van der Waals surface area contributed by atoms with E-state index < -0.39 is 0 Å². The van der Waals surface area contributed by atoms with Crippen LogP contribution >= 0.6 is 11.6 Å². The summed E-state index contributed by atoms with van der Waals surface area (Å²) >= 11 is 5.85. The van der Waals surface area contributed by atoms with Crippen LogP contribution in [-0.2, 0) is 6.42 Å². The van der Waals surface area contributed by atoms with Gasteiger partial charge in [0.05, 0.1) is 0 Å². The van der Waals surface area contributed by atoms with Gasteiger partial charge in [-0.2, -0.15) is 0 Å². The molecule has 0 aliphatic heterocycles. The van der Waals surface area contributed by atoms with Crippen molar-refractivity contribution in [1.82, 2.24) is 5.32 Å². The molecule has 0 bridgehead atoms. The molecule has 3 N–H and O–H groups in total. The smallest absolute Gasteiger partial charge is 0.188 e. The average molecular weight is 230 g/mol. The summed E-state index contributed by atoms with van der Waals surface area (Å²) in [6.45, 7) is 0.504. The first-order valence-corrected chi connectivity index (χ1v) is 4.92. The molecular weight excluding hydrogens is 217 g/mol. The molecule has 0 atom stereocenters. The molecule has 0 aliphatic rings. The minimum Gasteiger partial charge on any atom is -0.370 e. The lowest BCUT2D eigenvalue weighted by molar-refractivity contribution is 0.607. The van der Waals surface area contributed by atoms with E-state index in [1.54, 1.807) is 19.2 Å². The van der Waals surface area contributed by atoms with Crippen molar-refractivity contribution in [3.63, 3.8) is 0 Å². The van der Waals surface area contributed by atoms with E-state index in [9.17, 15) is 4.39 Å². The number of halogens is 2. The van der Waals surface area contributed by atoms with E-state index in [0.717, 1.165) is 0 Å². The van der Waals surface area contributed by atoms with Gasteiger partial charge in [-0.3, -0.25) is 4.99 Å². The van der Waals surface area contributed by atoms with Gasteiger partial charge < -0.3 is 11.1 Å². The number of benzene rings is 1. The Kier molecular flexibility index (Phi) is 4.37. The van der Waals surface area contributed by atoms with Gasteiger partial charge >= 0.3 is 0 Å². The SMILES string of the molecule is CN=C(N)NCCc1c(F)cccc1Cl. The third-order valence-corrected chi connectivity index (χ3v) is 2.34. The van der Waals surface area contributed by atoms with Crippen LogP contribution in [0.2, 0.25) is 5.02 Å². The molecule has 15 heavy (non-hydrogen) atoms. The standard InChI is InChI=1S/C10H13ClFN3/c1-14-10(13)15-6-5-7-8(11)3-2-4-9(7)12/h2-4H,5-6H2,1H3,(H3,13,14,15). The number of nitrogens with two attached hydrogens (primary N) is 1. The Morgan fingerprint density at radius 1 is 1.60 bits per heavy atom. The van der Waals surface area contributed by atoms with Gasteiger partial charge in [-0.15, -0.1) is 0 Å². The van der Waals surface area contributed by atoms with Crippen LogP contribution in [0.15, 0.2) is 23.2 Å². The minimum absolute atomic E-state index is 0.295. The first-order valence-electron chi connectivity index (χ1n) is 4.54. The van der Waals surface area contributed by atoms with Crippen LogP contribution in [-0.4, -0.2) is 19.6 Å². The van der Waals surface area contributed by atoms with Crippen molar-refractivity contribution >= 4 is 17.6 Å². The number of hydrogen-bond donors (Lipinski definition) is 2. The van der Waals surface area contributed by atoms with Gasteiger partial charge in [0.25, 0.3) is 0 Å². The van der Waals surface area contributed by atoms with Crippen molar-refractivity contribution in [2.75, 3.05) is 13.6 Å². The van der Waals surface area contributed by atoms with Crippen molar-refractivity contribution in [1.29, 1.82) is 0 Å². The molecule has 0 fully saturated rings. The Morgan fingerprint density at radius 3 is 2.93 bits per heavy atom. The summed E-state index contributed by atoms with van der Waals surface area (Å²) in [4.78, 5) is 3.72. The molecule has 0 aliphatic carbocycles. The fourth-order valence-electron chi connectivity index (χ4n) is 1.17. The van der Waals surface area contributed by atoms with Crippen LogP contribution in [0.3, 0.4) is 0 Å². The maximum Gasteiger partial charge on any atom is 0.188 e. The van der Waals surface area contributed by atoms with Gasteiger partial charge in [0.1, 0.15) is 5.82 Å². The fraction of sp³-hybridized carbons (Fsp3) is 0.300. The van der Waals surface area contributed by atoms with Crippen molar-refractivity contribution in [3.8, 4) is 0 Å². The van der Waals surface area contributed by atoms with Gasteiger partial charge in [-0.25, -0.2) is 4.39 Å². The van der Waals surface area contributed by atoms with Crippen LogP contribution in [0.25, 0.3) is 0 Å². The van der Waals surface area contributed by atoms with Gasteiger partial charge in [0, 0.05) is 24.2 Å². The maximum absolute atomic E-state index is 13.3. The van der Waals surface area contributed by atoms with Gasteiger partial charge in [-0.05, 0) is 18.6 Å². The Hall–Kier alpha value is -1.29. The van der Waals surface area contributed by atoms with E-state index in [1.165, 1.54) is 6.07 Å². The maximum atomic E-state index is 13.3. The van der Waals surface area contributed by atoms with E-state index in [2.05, 4.69) is 10.3 Å². The lowest BCUT2D eigenvalue weighted by Gasteiger charge is -2.07. The van der Waals surface area contributed by atoms with E-state index in [0.29, 0.717) is 29.5 Å². The number of nitrogens with one attached hydrogen (secondary N) is 1. The fourth-order valence-corrected chi connectivity index (χ4v) is 1.42. The molecule has 0 aromatic heterocycles.